The van der Waals surface area contributed by atoms with Gasteiger partial charge in [-0.05, 0) is 44.2 Å². The average molecular weight is 568 g/mol. The van der Waals surface area contributed by atoms with Crippen LogP contribution in [0.5, 0.6) is 0 Å². The number of piperazine rings is 1. The van der Waals surface area contributed by atoms with E-state index in [-0.39, 0.29) is 0 Å². The molecule has 0 spiro atoms. The number of furan rings is 1. The monoisotopic (exact) mass is 567 g/mol. The number of hydrogen-bond donors (Lipinski definition) is 2. The minimum Gasteiger partial charge on any atom is -0.472 e. The van der Waals surface area contributed by atoms with Crippen molar-refractivity contribution in [2.24, 2.45) is 7.05 Å². The summed E-state index contributed by atoms with van der Waals surface area (Å²) in [5, 5.41) is 18.0. The highest BCUT2D eigenvalue weighted by atomic mass is 35.5. The van der Waals surface area contributed by atoms with Crippen molar-refractivity contribution in [1.82, 2.24) is 24.9 Å². The fourth-order valence-corrected chi connectivity index (χ4v) is 5.44. The highest BCUT2D eigenvalue weighted by molar-refractivity contribution is 6.37. The van der Waals surface area contributed by atoms with Crippen molar-refractivity contribution in [1.29, 1.82) is 0 Å². The second-order valence-corrected chi connectivity index (χ2v) is 10.1. The zero-order chi connectivity index (χ0) is 29.0. The van der Waals surface area contributed by atoms with Crippen LogP contribution in [0.25, 0.3) is 21.8 Å². The van der Waals surface area contributed by atoms with E-state index in [2.05, 4.69) is 40.5 Å². The quantitative estimate of drug-likeness (QED) is 0.231. The number of hydrogen-bond acceptors (Lipinski definition) is 6. The number of nitrogens with zero attached hydrogens (tertiary/aromatic N) is 5. The van der Waals surface area contributed by atoms with Crippen LogP contribution in [0.4, 0.5) is 21.6 Å². The normalized spacial score (nSPS) is 16.9. The van der Waals surface area contributed by atoms with Gasteiger partial charge in [-0.1, -0.05) is 39.3 Å². The number of aryl methyl sites for hydroxylation is 1. The summed E-state index contributed by atoms with van der Waals surface area (Å²) < 4.78 is 23.5. The first kappa shape index (κ1) is 29.4. The summed E-state index contributed by atoms with van der Waals surface area (Å²) in [4.78, 5) is 2.35. The molecule has 1 saturated heterocycles. The van der Waals surface area contributed by atoms with E-state index in [1.54, 1.807) is 30.5 Å². The van der Waals surface area contributed by atoms with Crippen molar-refractivity contribution in [3.8, 4) is 0 Å². The second kappa shape index (κ2) is 12.7. The molecular formula is C30H39ClFN7O. The molecule has 2 atom stereocenters. The Morgan fingerprint density at radius 3 is 2.48 bits per heavy atom. The van der Waals surface area contributed by atoms with Crippen LogP contribution in [-0.2, 0) is 13.6 Å². The number of anilines is 3. The summed E-state index contributed by atoms with van der Waals surface area (Å²) in [5.41, 5.74) is 3.84. The van der Waals surface area contributed by atoms with Crippen molar-refractivity contribution in [3.63, 3.8) is 0 Å². The minimum atomic E-state index is -0.395. The molecule has 40 heavy (non-hydrogen) atoms. The molecule has 1 fully saturated rings. The molecule has 5 aromatic rings. The topological polar surface area (TPSA) is 76.1 Å². The largest absolute Gasteiger partial charge is 0.472 e. The Hall–Kier alpha value is -3.56. The molecule has 0 bridgehead atoms. The van der Waals surface area contributed by atoms with E-state index < -0.39 is 5.82 Å². The molecular weight excluding hydrogens is 529 g/mol. The van der Waals surface area contributed by atoms with Crippen LogP contribution in [0.2, 0.25) is 5.02 Å². The predicted octanol–water partition coefficient (Wildman–Crippen LogP) is 7.34. The molecule has 3 aromatic heterocycles. The Bertz CT molecular complexity index is 1550. The number of fused-ring (bicyclic) bond motifs is 2. The van der Waals surface area contributed by atoms with Gasteiger partial charge in [0.05, 0.1) is 35.0 Å². The maximum Gasteiger partial charge on any atom is 0.161 e. The zero-order valence-electron chi connectivity index (χ0n) is 24.3. The molecule has 8 nitrogen and oxygen atoms in total. The van der Waals surface area contributed by atoms with Gasteiger partial charge in [-0.15, -0.1) is 0 Å². The minimum absolute atomic E-state index is 0.334. The summed E-state index contributed by atoms with van der Waals surface area (Å²) in [5.74, 6) is 0.169. The van der Waals surface area contributed by atoms with Gasteiger partial charge in [0.2, 0.25) is 0 Å². The Labute approximate surface area is 240 Å². The van der Waals surface area contributed by atoms with Crippen LogP contribution in [0.3, 0.4) is 0 Å². The van der Waals surface area contributed by atoms with E-state index in [1.165, 1.54) is 6.07 Å². The van der Waals surface area contributed by atoms with Gasteiger partial charge in [-0.25, -0.2) is 4.39 Å². The van der Waals surface area contributed by atoms with Crippen molar-refractivity contribution in [3.05, 3.63) is 65.5 Å². The predicted molar refractivity (Wildman–Crippen MR) is 163 cm³/mol. The van der Waals surface area contributed by atoms with Gasteiger partial charge in [0.25, 0.3) is 0 Å². The van der Waals surface area contributed by atoms with Gasteiger partial charge < -0.3 is 20.0 Å². The van der Waals surface area contributed by atoms with E-state index in [0.717, 1.165) is 35.2 Å². The van der Waals surface area contributed by atoms with E-state index in [0.29, 0.717) is 46.1 Å². The molecule has 0 aliphatic carbocycles. The van der Waals surface area contributed by atoms with Crippen molar-refractivity contribution < 1.29 is 8.81 Å². The summed E-state index contributed by atoms with van der Waals surface area (Å²) >= 11 is 6.91. The van der Waals surface area contributed by atoms with Crippen LogP contribution in [0.15, 0.2) is 53.5 Å². The summed E-state index contributed by atoms with van der Waals surface area (Å²) in [6.07, 6.45) is 5.14. The summed E-state index contributed by atoms with van der Waals surface area (Å²) in [6, 6.07) is 10.1. The molecule has 2 unspecified atom stereocenters. The third kappa shape index (κ3) is 6.10. The Morgan fingerprint density at radius 2 is 1.80 bits per heavy atom. The smallest absolute Gasteiger partial charge is 0.161 e. The summed E-state index contributed by atoms with van der Waals surface area (Å²) in [7, 11) is 1.77. The maximum atomic E-state index is 14.7. The van der Waals surface area contributed by atoms with Gasteiger partial charge in [0, 0.05) is 60.7 Å². The standard InChI is InChI=1S/C26H27ClFN7O.2C2H6/c1-15-10-34(11-16(2)29-15)20-8-21(27)24-23(9-20)35(12-17-4-5-36-14-17)32-26(24)30-19-6-18-13-33(3)31-25(18)22(28)7-19;2*1-2/h4-9,13-16,29H,10-12H2,1-3H3,(H,30,32);2*1-2H3. The number of rotatable bonds is 5. The van der Waals surface area contributed by atoms with Crippen molar-refractivity contribution in [2.75, 3.05) is 23.3 Å². The van der Waals surface area contributed by atoms with Crippen LogP contribution in [0, 0.1) is 5.82 Å². The molecule has 1 aliphatic heterocycles. The first-order chi connectivity index (χ1) is 19.3. The highest BCUT2D eigenvalue weighted by Gasteiger charge is 2.24. The maximum absolute atomic E-state index is 14.7. The molecule has 6 rings (SSSR count). The Balaban J connectivity index is 0.000000886. The SMILES string of the molecule is CC.CC.CC1CN(c2cc(Cl)c3c(Nc4cc(F)c5nn(C)cc5c4)nn(Cc4ccoc4)c3c2)CC(C)N1. The number of aromatic nitrogens is 4. The third-order valence-corrected chi connectivity index (χ3v) is 6.86. The van der Waals surface area contributed by atoms with Gasteiger partial charge >= 0.3 is 0 Å². The fraction of sp³-hybridized carbons (Fsp3) is 0.400. The number of halogens is 2. The van der Waals surface area contributed by atoms with E-state index >= 15 is 0 Å². The fourth-order valence-electron chi connectivity index (χ4n) is 5.15. The molecule has 10 heteroatoms. The van der Waals surface area contributed by atoms with Gasteiger partial charge in [-0.2, -0.15) is 10.2 Å². The van der Waals surface area contributed by atoms with E-state index in [4.69, 9.17) is 21.1 Å². The molecule has 0 saturated carbocycles. The van der Waals surface area contributed by atoms with Crippen LogP contribution in [0.1, 0.15) is 47.1 Å². The molecule has 2 aromatic carbocycles. The molecule has 1 aliphatic rings. The summed E-state index contributed by atoms with van der Waals surface area (Å²) in [6.45, 7) is 14.7. The lowest BCUT2D eigenvalue weighted by Crippen LogP contribution is -2.54. The van der Waals surface area contributed by atoms with Gasteiger partial charge in [0.15, 0.2) is 11.6 Å². The lowest BCUT2D eigenvalue weighted by atomic mass is 10.1. The molecule has 2 N–H and O–H groups in total. The highest BCUT2D eigenvalue weighted by Crippen LogP contribution is 2.37. The molecule has 0 radical (unpaired) electrons. The van der Waals surface area contributed by atoms with Gasteiger partial charge in [0.1, 0.15) is 5.52 Å². The second-order valence-electron chi connectivity index (χ2n) is 9.66. The Morgan fingerprint density at radius 1 is 1.07 bits per heavy atom. The van der Waals surface area contributed by atoms with Crippen LogP contribution in [-0.4, -0.2) is 44.7 Å². The molecule has 214 valence electrons. The first-order valence-electron chi connectivity index (χ1n) is 14.0. The van der Waals surface area contributed by atoms with Gasteiger partial charge in [-0.3, -0.25) is 9.36 Å². The Kier molecular flexibility index (Phi) is 9.37. The van der Waals surface area contributed by atoms with Crippen molar-refractivity contribution in [2.45, 2.75) is 60.2 Å². The van der Waals surface area contributed by atoms with E-state index in [9.17, 15) is 4.39 Å². The average Bonchev–Trinajstić information content (AvgIpc) is 3.66. The lowest BCUT2D eigenvalue weighted by Gasteiger charge is -2.37. The van der Waals surface area contributed by atoms with Crippen LogP contribution < -0.4 is 15.5 Å². The molecule has 4 heterocycles. The van der Waals surface area contributed by atoms with Crippen molar-refractivity contribution >= 4 is 50.6 Å². The number of nitrogens with one attached hydrogen (secondary N) is 2. The zero-order valence-corrected chi connectivity index (χ0v) is 25.1. The third-order valence-electron chi connectivity index (χ3n) is 6.56. The lowest BCUT2D eigenvalue weighted by molar-refractivity contribution is 0.407. The first-order valence-corrected chi connectivity index (χ1v) is 14.3. The molecule has 0 amide bonds. The number of benzene rings is 2. The van der Waals surface area contributed by atoms with E-state index in [1.807, 2.05) is 50.6 Å². The van der Waals surface area contributed by atoms with Crippen LogP contribution >= 0.6 is 11.6 Å².